The number of aliphatic hydroxyl groups is 2. The van der Waals surface area contributed by atoms with Gasteiger partial charge in [0.05, 0.1) is 6.61 Å². The highest BCUT2D eigenvalue weighted by atomic mass is 16.7. The van der Waals surface area contributed by atoms with Crippen LogP contribution in [0.3, 0.4) is 0 Å². The predicted molar refractivity (Wildman–Crippen MR) is 114 cm³/mol. The molecule has 1 aromatic heterocycles. The number of aromatic hydroxyl groups is 5. The smallest absolute Gasteiger partial charge is 0.303 e. The number of hydrogen-bond acceptors (Lipinski definition) is 13. The van der Waals surface area contributed by atoms with Crippen LogP contribution in [0.15, 0.2) is 33.5 Å². The molecule has 2 aromatic carbocycles. The van der Waals surface area contributed by atoms with Crippen molar-refractivity contribution in [3.05, 3.63) is 34.5 Å². The average molecular weight is 492 g/mol. The molecule has 0 spiro atoms. The maximum Gasteiger partial charge on any atom is 0.303 e. The molecule has 0 aliphatic carbocycles. The van der Waals surface area contributed by atoms with Crippen LogP contribution < -0.4 is 10.2 Å². The molecule has 2 heterocycles. The van der Waals surface area contributed by atoms with Crippen molar-refractivity contribution in [2.75, 3.05) is 6.61 Å². The highest BCUT2D eigenvalue weighted by Crippen LogP contribution is 2.43. The van der Waals surface area contributed by atoms with Gasteiger partial charge < -0.3 is 54.4 Å². The zero-order valence-corrected chi connectivity index (χ0v) is 17.9. The number of aliphatic hydroxyl groups excluding tert-OH is 2. The lowest BCUT2D eigenvalue weighted by atomic mass is 10.0. The van der Waals surface area contributed by atoms with E-state index >= 15 is 0 Å². The molecule has 1 saturated heterocycles. The Kier molecular flexibility index (Phi) is 6.06. The van der Waals surface area contributed by atoms with Gasteiger partial charge in [-0.05, 0) is 12.1 Å². The van der Waals surface area contributed by atoms with Gasteiger partial charge in [0.25, 0.3) is 0 Å². The van der Waals surface area contributed by atoms with Gasteiger partial charge in [0.1, 0.15) is 34.7 Å². The zero-order chi connectivity index (χ0) is 25.6. The fraction of sp³-hybridized carbons (Fsp3) is 0.273. The fourth-order valence-electron chi connectivity index (χ4n) is 3.61. The number of ether oxygens (including phenoxy) is 3. The van der Waals surface area contributed by atoms with Crippen LogP contribution in [0.25, 0.3) is 22.3 Å². The molecule has 35 heavy (non-hydrogen) atoms. The maximum atomic E-state index is 13.3. The van der Waals surface area contributed by atoms with Gasteiger partial charge in [0, 0.05) is 24.6 Å². The summed E-state index contributed by atoms with van der Waals surface area (Å²) >= 11 is 0. The van der Waals surface area contributed by atoms with Crippen LogP contribution in [-0.2, 0) is 14.3 Å². The van der Waals surface area contributed by atoms with Crippen molar-refractivity contribution in [2.45, 2.75) is 31.5 Å². The molecule has 3 aromatic rings. The van der Waals surface area contributed by atoms with E-state index in [0.29, 0.717) is 0 Å². The lowest BCUT2D eigenvalue weighted by Gasteiger charge is -2.36. The molecule has 0 saturated carbocycles. The molecule has 4 atom stereocenters. The lowest BCUT2D eigenvalue weighted by molar-refractivity contribution is -0.247. The molecular formula is C22H20O13. The molecule has 13 nitrogen and oxygen atoms in total. The Hall–Kier alpha value is -4.20. The van der Waals surface area contributed by atoms with Gasteiger partial charge >= 0.3 is 5.97 Å². The van der Waals surface area contributed by atoms with Crippen LogP contribution in [0.1, 0.15) is 6.92 Å². The third-order valence-electron chi connectivity index (χ3n) is 5.24. The van der Waals surface area contributed by atoms with Crippen LogP contribution in [0.2, 0.25) is 0 Å². The van der Waals surface area contributed by atoms with Gasteiger partial charge in [-0.1, -0.05) is 0 Å². The molecule has 0 bridgehead atoms. The molecule has 0 unspecified atom stereocenters. The van der Waals surface area contributed by atoms with Crippen molar-refractivity contribution in [1.82, 2.24) is 0 Å². The summed E-state index contributed by atoms with van der Waals surface area (Å²) in [6, 6.07) is 3.75. The standard InChI is InChI=1S/C22H20O13/c1-7(23)33-14-6-32-22(19(31)17(14)29)35-21-18(30)15-10(25)4-9(24)5-13(15)34-20(21)8-2-11(26)16(28)12(27)3-8/h2-5,14,17,19,22,24-29,31H,6H2,1H3/t14-,17-,19+,22-/m0/s1. The van der Waals surface area contributed by atoms with Crippen LogP contribution in [0, 0.1) is 0 Å². The van der Waals surface area contributed by atoms with Crippen LogP contribution in [-0.4, -0.2) is 72.9 Å². The summed E-state index contributed by atoms with van der Waals surface area (Å²) in [5, 5.41) is 69.8. The third kappa shape index (κ3) is 4.35. The predicted octanol–water partition coefficient (Wildman–Crippen LogP) is 0.377. The highest BCUT2D eigenvalue weighted by Gasteiger charge is 2.42. The molecule has 4 rings (SSSR count). The second kappa shape index (κ2) is 8.87. The van der Waals surface area contributed by atoms with E-state index in [4.69, 9.17) is 18.6 Å². The van der Waals surface area contributed by atoms with E-state index in [1.165, 1.54) is 0 Å². The summed E-state index contributed by atoms with van der Waals surface area (Å²) in [5.74, 6) is -5.37. The number of carbonyl (C=O) groups excluding carboxylic acids is 1. The SMILES string of the molecule is CC(=O)O[C@H]1CO[C@@H](Oc2c(-c3cc(O)c(O)c(O)c3)oc3cc(O)cc(O)c3c2=O)[C@H](O)[C@H]1O. The Morgan fingerprint density at radius 1 is 0.971 bits per heavy atom. The van der Waals surface area contributed by atoms with Gasteiger partial charge in [-0.25, -0.2) is 0 Å². The topological polar surface area (TPSA) is 217 Å². The van der Waals surface area contributed by atoms with Gasteiger partial charge in [-0.3, -0.25) is 9.59 Å². The van der Waals surface area contributed by atoms with E-state index in [1.54, 1.807) is 0 Å². The number of rotatable bonds is 4. The Morgan fingerprint density at radius 3 is 2.26 bits per heavy atom. The molecule has 1 aliphatic rings. The van der Waals surface area contributed by atoms with Gasteiger partial charge in [0.15, 0.2) is 29.1 Å². The Labute approximate surface area is 195 Å². The number of carbonyl (C=O) groups is 1. The molecule has 1 fully saturated rings. The lowest BCUT2D eigenvalue weighted by Crippen LogP contribution is -2.56. The monoisotopic (exact) mass is 492 g/mol. The van der Waals surface area contributed by atoms with Crippen LogP contribution >= 0.6 is 0 Å². The first-order valence-corrected chi connectivity index (χ1v) is 10.1. The first kappa shape index (κ1) is 23.9. The van der Waals surface area contributed by atoms with E-state index in [-0.39, 0.29) is 11.1 Å². The van der Waals surface area contributed by atoms with Crippen molar-refractivity contribution in [3.8, 4) is 45.8 Å². The quantitative estimate of drug-likeness (QED) is 0.194. The molecule has 186 valence electrons. The zero-order valence-electron chi connectivity index (χ0n) is 17.9. The Balaban J connectivity index is 1.85. The van der Waals surface area contributed by atoms with E-state index < -0.39 is 88.3 Å². The fourth-order valence-corrected chi connectivity index (χ4v) is 3.61. The molecule has 1 aliphatic heterocycles. The van der Waals surface area contributed by atoms with Crippen molar-refractivity contribution < 1.29 is 59.2 Å². The molecule has 0 amide bonds. The summed E-state index contributed by atoms with van der Waals surface area (Å²) in [4.78, 5) is 24.5. The summed E-state index contributed by atoms with van der Waals surface area (Å²) in [7, 11) is 0. The molecule has 0 radical (unpaired) electrons. The normalized spacial score (nSPS) is 22.1. The number of phenols is 5. The summed E-state index contributed by atoms with van der Waals surface area (Å²) < 4.78 is 21.3. The maximum absolute atomic E-state index is 13.3. The number of esters is 1. The first-order chi connectivity index (χ1) is 16.5. The summed E-state index contributed by atoms with van der Waals surface area (Å²) in [6.45, 7) is 0.692. The second-order valence-electron chi connectivity index (χ2n) is 7.74. The number of benzene rings is 2. The van der Waals surface area contributed by atoms with Crippen LogP contribution in [0.5, 0.6) is 34.5 Å². The van der Waals surface area contributed by atoms with Gasteiger partial charge in [-0.2, -0.15) is 0 Å². The van der Waals surface area contributed by atoms with Crippen molar-refractivity contribution >= 4 is 16.9 Å². The largest absolute Gasteiger partial charge is 0.508 e. The molecular weight excluding hydrogens is 472 g/mol. The Bertz CT molecular complexity index is 1340. The number of fused-ring (bicyclic) bond motifs is 1. The van der Waals surface area contributed by atoms with Gasteiger partial charge in [0.2, 0.25) is 17.5 Å². The minimum absolute atomic E-state index is 0.182. The van der Waals surface area contributed by atoms with Crippen LogP contribution in [0.4, 0.5) is 0 Å². The average Bonchev–Trinajstić information content (AvgIpc) is 2.77. The van der Waals surface area contributed by atoms with Crippen molar-refractivity contribution in [1.29, 1.82) is 0 Å². The van der Waals surface area contributed by atoms with E-state index in [9.17, 15) is 45.3 Å². The minimum Gasteiger partial charge on any atom is -0.508 e. The van der Waals surface area contributed by atoms with E-state index in [2.05, 4.69) is 0 Å². The van der Waals surface area contributed by atoms with Crippen molar-refractivity contribution in [3.63, 3.8) is 0 Å². The highest BCUT2D eigenvalue weighted by molar-refractivity contribution is 5.88. The van der Waals surface area contributed by atoms with E-state index in [1.807, 2.05) is 0 Å². The summed E-state index contributed by atoms with van der Waals surface area (Å²) in [5.41, 5.74) is -1.49. The minimum atomic E-state index is -1.81. The first-order valence-electron chi connectivity index (χ1n) is 10.1. The summed E-state index contributed by atoms with van der Waals surface area (Å²) in [6.07, 6.45) is -6.37. The number of phenolic OH excluding ortho intramolecular Hbond substituents is 5. The Morgan fingerprint density at radius 2 is 1.63 bits per heavy atom. The molecule has 7 N–H and O–H groups in total. The molecule has 13 heteroatoms. The second-order valence-corrected chi connectivity index (χ2v) is 7.74. The third-order valence-corrected chi connectivity index (χ3v) is 5.24. The van der Waals surface area contributed by atoms with E-state index in [0.717, 1.165) is 31.2 Å². The number of hydrogen-bond donors (Lipinski definition) is 7. The van der Waals surface area contributed by atoms with Gasteiger partial charge in [-0.15, -0.1) is 0 Å². The van der Waals surface area contributed by atoms with Crippen molar-refractivity contribution in [2.24, 2.45) is 0 Å².